The molecule has 1 nitrogen and oxygen atoms in total. The van der Waals surface area contributed by atoms with E-state index in [9.17, 15) is 0 Å². The third kappa shape index (κ3) is 3.25. The van der Waals surface area contributed by atoms with Gasteiger partial charge in [-0.15, -0.1) is 0 Å². The predicted molar refractivity (Wildman–Crippen MR) is 122 cm³/mol. The van der Waals surface area contributed by atoms with Crippen molar-refractivity contribution < 1.29 is 0 Å². The maximum Gasteiger partial charge on any atom is 0.0537 e. The van der Waals surface area contributed by atoms with E-state index >= 15 is 0 Å². The highest BCUT2D eigenvalue weighted by Crippen LogP contribution is 2.41. The van der Waals surface area contributed by atoms with E-state index in [2.05, 4.69) is 121 Å². The van der Waals surface area contributed by atoms with Crippen LogP contribution in [0.3, 0.4) is 0 Å². The van der Waals surface area contributed by atoms with Crippen LogP contribution in [-0.4, -0.2) is 4.40 Å². The summed E-state index contributed by atoms with van der Waals surface area (Å²) in [6, 6.07) is 36.9. The Kier molecular flexibility index (Phi) is 4.50. The quantitative estimate of drug-likeness (QED) is 0.314. The lowest BCUT2D eigenvalue weighted by Crippen LogP contribution is -1.96. The summed E-state index contributed by atoms with van der Waals surface area (Å²) in [5.41, 5.74) is 10.3. The van der Waals surface area contributed by atoms with E-state index in [4.69, 9.17) is 0 Å². The maximum atomic E-state index is 2.37. The van der Waals surface area contributed by atoms with Crippen LogP contribution < -0.4 is 0 Å². The molecule has 0 aliphatic carbocycles. The summed E-state index contributed by atoms with van der Waals surface area (Å²) < 4.78 is 2.37. The standard InChI is InChI=1S/C28H23N/c1-21-15-17-22(18-16-21)20-26-28(24-12-6-3-7-13-24)27(23-10-4-2-5-11-23)25-14-8-9-19-29(25)26/h2-19H,20H2,1H3. The van der Waals surface area contributed by atoms with Crippen molar-refractivity contribution in [3.8, 4) is 22.3 Å². The van der Waals surface area contributed by atoms with Crippen LogP contribution in [0.25, 0.3) is 27.8 Å². The molecule has 3 aromatic carbocycles. The van der Waals surface area contributed by atoms with Crippen LogP contribution in [0.4, 0.5) is 0 Å². The third-order valence-electron chi connectivity index (χ3n) is 5.56. The van der Waals surface area contributed by atoms with Crippen LogP contribution in [0.5, 0.6) is 0 Å². The molecule has 5 aromatic rings. The molecular formula is C28H23N. The predicted octanol–water partition coefficient (Wildman–Crippen LogP) is 7.17. The molecule has 2 heterocycles. The van der Waals surface area contributed by atoms with Gasteiger partial charge in [-0.3, -0.25) is 0 Å². The van der Waals surface area contributed by atoms with Gasteiger partial charge in [0.25, 0.3) is 0 Å². The van der Waals surface area contributed by atoms with E-state index in [-0.39, 0.29) is 0 Å². The van der Waals surface area contributed by atoms with E-state index in [1.807, 2.05) is 0 Å². The van der Waals surface area contributed by atoms with Crippen LogP contribution >= 0.6 is 0 Å². The van der Waals surface area contributed by atoms with Crippen LogP contribution in [0.1, 0.15) is 16.8 Å². The molecule has 5 rings (SSSR count). The Labute approximate surface area is 171 Å². The number of nitrogens with zero attached hydrogens (tertiary/aromatic N) is 1. The zero-order chi connectivity index (χ0) is 19.6. The van der Waals surface area contributed by atoms with Gasteiger partial charge in [-0.1, -0.05) is 96.6 Å². The van der Waals surface area contributed by atoms with E-state index < -0.39 is 0 Å². The van der Waals surface area contributed by atoms with E-state index in [0.717, 1.165) is 6.42 Å². The van der Waals surface area contributed by atoms with Crippen molar-refractivity contribution >= 4 is 5.52 Å². The van der Waals surface area contributed by atoms with E-state index in [0.29, 0.717) is 0 Å². The first kappa shape index (κ1) is 17.5. The second-order valence-electron chi connectivity index (χ2n) is 7.55. The number of benzene rings is 3. The minimum Gasteiger partial charge on any atom is -0.319 e. The van der Waals surface area contributed by atoms with Crippen molar-refractivity contribution in [2.24, 2.45) is 0 Å². The van der Waals surface area contributed by atoms with Gasteiger partial charge in [-0.25, -0.2) is 0 Å². The molecule has 0 spiro atoms. The average molecular weight is 373 g/mol. The Hall–Kier alpha value is -3.58. The van der Waals surface area contributed by atoms with Crippen LogP contribution in [0.2, 0.25) is 0 Å². The van der Waals surface area contributed by atoms with Crippen LogP contribution in [0.15, 0.2) is 109 Å². The summed E-state index contributed by atoms with van der Waals surface area (Å²) in [5, 5.41) is 0. The fourth-order valence-corrected chi connectivity index (χ4v) is 4.16. The summed E-state index contributed by atoms with van der Waals surface area (Å²) in [6.07, 6.45) is 3.08. The first-order valence-electron chi connectivity index (χ1n) is 10.1. The summed E-state index contributed by atoms with van der Waals surface area (Å²) in [5.74, 6) is 0. The van der Waals surface area contributed by atoms with Crippen molar-refractivity contribution in [3.63, 3.8) is 0 Å². The van der Waals surface area contributed by atoms with Gasteiger partial charge in [0.2, 0.25) is 0 Å². The summed E-state index contributed by atoms with van der Waals surface area (Å²) in [6.45, 7) is 2.14. The number of hydrogen-bond acceptors (Lipinski definition) is 0. The Morgan fingerprint density at radius 2 is 1.17 bits per heavy atom. The zero-order valence-corrected chi connectivity index (χ0v) is 16.5. The van der Waals surface area contributed by atoms with Crippen molar-refractivity contribution in [2.45, 2.75) is 13.3 Å². The lowest BCUT2D eigenvalue weighted by Gasteiger charge is -2.10. The van der Waals surface area contributed by atoms with Crippen molar-refractivity contribution in [2.75, 3.05) is 0 Å². The van der Waals surface area contributed by atoms with Crippen LogP contribution in [0, 0.1) is 6.92 Å². The Morgan fingerprint density at radius 1 is 0.586 bits per heavy atom. The highest BCUT2D eigenvalue weighted by Gasteiger charge is 2.20. The summed E-state index contributed by atoms with van der Waals surface area (Å²) in [7, 11) is 0. The molecule has 0 saturated heterocycles. The first-order chi connectivity index (χ1) is 14.3. The molecule has 0 aliphatic heterocycles. The van der Waals surface area contributed by atoms with Crippen molar-refractivity contribution in [3.05, 3.63) is 126 Å². The lowest BCUT2D eigenvalue weighted by atomic mass is 9.93. The number of aromatic nitrogens is 1. The van der Waals surface area contributed by atoms with Crippen molar-refractivity contribution in [1.29, 1.82) is 0 Å². The molecule has 0 saturated carbocycles. The van der Waals surface area contributed by atoms with Gasteiger partial charge in [-0.2, -0.15) is 0 Å². The Bertz CT molecular complexity index is 1250. The fraction of sp³-hybridized carbons (Fsp3) is 0.0714. The Balaban J connectivity index is 1.82. The fourth-order valence-electron chi connectivity index (χ4n) is 4.16. The third-order valence-corrected chi connectivity index (χ3v) is 5.56. The normalized spacial score (nSPS) is 11.1. The molecule has 0 bridgehead atoms. The van der Waals surface area contributed by atoms with E-state index in [1.165, 1.54) is 44.6 Å². The van der Waals surface area contributed by atoms with Crippen LogP contribution in [-0.2, 0) is 6.42 Å². The maximum absolute atomic E-state index is 2.37. The molecule has 1 heteroatoms. The second kappa shape index (κ2) is 7.44. The largest absolute Gasteiger partial charge is 0.319 e. The molecule has 0 fully saturated rings. The first-order valence-corrected chi connectivity index (χ1v) is 10.1. The monoisotopic (exact) mass is 373 g/mol. The second-order valence-corrected chi connectivity index (χ2v) is 7.55. The molecule has 0 aliphatic rings. The van der Waals surface area contributed by atoms with Gasteiger partial charge >= 0.3 is 0 Å². The molecule has 0 N–H and O–H groups in total. The molecular weight excluding hydrogens is 350 g/mol. The SMILES string of the molecule is Cc1ccc(Cc2c(-c3ccccc3)c(-c3ccccc3)c3ccccn23)cc1. The number of rotatable bonds is 4. The molecule has 140 valence electrons. The highest BCUT2D eigenvalue weighted by molar-refractivity contribution is 5.96. The average Bonchev–Trinajstić information content (AvgIpc) is 3.11. The minimum atomic E-state index is 0.891. The molecule has 2 aromatic heterocycles. The summed E-state index contributed by atoms with van der Waals surface area (Å²) >= 11 is 0. The lowest BCUT2D eigenvalue weighted by molar-refractivity contribution is 1.03. The van der Waals surface area contributed by atoms with Gasteiger partial charge in [-0.05, 0) is 35.7 Å². The number of pyridine rings is 1. The van der Waals surface area contributed by atoms with Gasteiger partial charge in [0.15, 0.2) is 0 Å². The van der Waals surface area contributed by atoms with Gasteiger partial charge < -0.3 is 4.40 Å². The molecule has 0 amide bonds. The number of fused-ring (bicyclic) bond motifs is 1. The smallest absolute Gasteiger partial charge is 0.0537 e. The van der Waals surface area contributed by atoms with Gasteiger partial charge in [0, 0.05) is 29.4 Å². The van der Waals surface area contributed by atoms with Gasteiger partial charge in [0.1, 0.15) is 0 Å². The molecule has 0 radical (unpaired) electrons. The molecule has 29 heavy (non-hydrogen) atoms. The van der Waals surface area contributed by atoms with E-state index in [1.54, 1.807) is 0 Å². The topological polar surface area (TPSA) is 4.41 Å². The minimum absolute atomic E-state index is 0.891. The molecule has 0 unspecified atom stereocenters. The highest BCUT2D eigenvalue weighted by atomic mass is 14.9. The van der Waals surface area contributed by atoms with Gasteiger partial charge in [0.05, 0.1) is 5.52 Å². The zero-order valence-electron chi connectivity index (χ0n) is 16.5. The number of aryl methyl sites for hydroxylation is 1. The Morgan fingerprint density at radius 3 is 1.83 bits per heavy atom. The number of hydrogen-bond donors (Lipinski definition) is 0. The summed E-state index contributed by atoms with van der Waals surface area (Å²) in [4.78, 5) is 0. The molecule has 0 atom stereocenters. The van der Waals surface area contributed by atoms with Crippen molar-refractivity contribution in [1.82, 2.24) is 4.40 Å².